The van der Waals surface area contributed by atoms with Gasteiger partial charge in [0.05, 0.1) is 11.9 Å². The number of rotatable bonds is 4. The van der Waals surface area contributed by atoms with Gasteiger partial charge in [0.1, 0.15) is 0 Å². The zero-order valence-electron chi connectivity index (χ0n) is 10.7. The lowest BCUT2D eigenvalue weighted by atomic mass is 10.2. The van der Waals surface area contributed by atoms with E-state index in [0.717, 1.165) is 22.5 Å². The van der Waals surface area contributed by atoms with Crippen molar-refractivity contribution in [2.75, 3.05) is 5.32 Å². The van der Waals surface area contributed by atoms with Gasteiger partial charge in [0.15, 0.2) is 5.82 Å². The molecule has 0 aliphatic rings. The highest BCUT2D eigenvalue weighted by molar-refractivity contribution is 9.10. The molecule has 20 heavy (non-hydrogen) atoms. The molecule has 0 aliphatic heterocycles. The molecule has 0 fully saturated rings. The van der Waals surface area contributed by atoms with Gasteiger partial charge in [-0.3, -0.25) is 0 Å². The summed E-state index contributed by atoms with van der Waals surface area (Å²) >= 11 is 3.54. The van der Waals surface area contributed by atoms with Crippen LogP contribution in [0.25, 0.3) is 5.82 Å². The van der Waals surface area contributed by atoms with Gasteiger partial charge in [-0.15, -0.1) is 0 Å². The van der Waals surface area contributed by atoms with E-state index in [1.807, 2.05) is 48.8 Å². The number of anilines is 1. The number of nitrogens with one attached hydrogen (secondary N) is 1. The van der Waals surface area contributed by atoms with Crippen LogP contribution >= 0.6 is 15.9 Å². The molecular weight excluding hydrogens is 316 g/mol. The molecule has 2 heterocycles. The Labute approximate surface area is 125 Å². The molecule has 0 radical (unpaired) electrons. The fourth-order valence-corrected chi connectivity index (χ4v) is 2.29. The summed E-state index contributed by atoms with van der Waals surface area (Å²) in [5, 5.41) is 7.50. The van der Waals surface area contributed by atoms with Crippen molar-refractivity contribution in [1.29, 1.82) is 0 Å². The fraction of sp³-hybridized carbons (Fsp3) is 0.0667. The minimum absolute atomic E-state index is 0.754. The van der Waals surface area contributed by atoms with E-state index >= 15 is 0 Å². The van der Waals surface area contributed by atoms with Crippen LogP contribution < -0.4 is 5.32 Å². The monoisotopic (exact) mass is 328 g/mol. The summed E-state index contributed by atoms with van der Waals surface area (Å²) in [5.41, 5.74) is 2.19. The summed E-state index contributed by atoms with van der Waals surface area (Å²) in [6.45, 7) is 0.754. The molecule has 2 aromatic heterocycles. The van der Waals surface area contributed by atoms with Gasteiger partial charge in [0.2, 0.25) is 0 Å². The molecule has 5 heteroatoms. The van der Waals surface area contributed by atoms with Gasteiger partial charge < -0.3 is 5.32 Å². The number of aromatic nitrogens is 3. The van der Waals surface area contributed by atoms with Crippen LogP contribution in [-0.2, 0) is 6.54 Å². The van der Waals surface area contributed by atoms with Crippen LogP contribution in [0.4, 0.5) is 5.69 Å². The minimum atomic E-state index is 0.754. The van der Waals surface area contributed by atoms with Gasteiger partial charge in [0, 0.05) is 23.4 Å². The van der Waals surface area contributed by atoms with Gasteiger partial charge in [-0.2, -0.15) is 5.10 Å². The van der Waals surface area contributed by atoms with E-state index in [1.165, 1.54) is 5.56 Å². The molecule has 0 aliphatic carbocycles. The molecule has 0 bridgehead atoms. The lowest BCUT2D eigenvalue weighted by Gasteiger charge is -2.08. The smallest absolute Gasteiger partial charge is 0.153 e. The average Bonchev–Trinajstić information content (AvgIpc) is 3.01. The van der Waals surface area contributed by atoms with Gasteiger partial charge >= 0.3 is 0 Å². The zero-order chi connectivity index (χ0) is 13.8. The third-order valence-corrected chi connectivity index (χ3v) is 3.70. The Balaban J connectivity index is 1.68. The Morgan fingerprint density at radius 1 is 1.10 bits per heavy atom. The normalized spacial score (nSPS) is 10.4. The van der Waals surface area contributed by atoms with Crippen molar-refractivity contribution in [3.63, 3.8) is 0 Å². The molecule has 0 saturated carbocycles. The fourth-order valence-electron chi connectivity index (χ4n) is 1.87. The van der Waals surface area contributed by atoms with Crippen molar-refractivity contribution >= 4 is 21.6 Å². The number of hydrogen-bond acceptors (Lipinski definition) is 3. The largest absolute Gasteiger partial charge is 0.380 e. The second-order valence-corrected chi connectivity index (χ2v) is 5.16. The predicted octanol–water partition coefficient (Wildman–Crippen LogP) is 3.64. The van der Waals surface area contributed by atoms with Crippen LogP contribution in [0.5, 0.6) is 0 Å². The van der Waals surface area contributed by atoms with Crippen molar-refractivity contribution in [1.82, 2.24) is 14.8 Å². The number of nitrogens with zero attached hydrogens (tertiary/aromatic N) is 3. The minimum Gasteiger partial charge on any atom is -0.380 e. The van der Waals surface area contributed by atoms with E-state index in [4.69, 9.17) is 0 Å². The molecule has 0 saturated heterocycles. The third-order valence-electron chi connectivity index (χ3n) is 2.93. The van der Waals surface area contributed by atoms with Crippen molar-refractivity contribution in [3.05, 3.63) is 71.1 Å². The van der Waals surface area contributed by atoms with E-state index in [-0.39, 0.29) is 0 Å². The molecule has 0 atom stereocenters. The second-order valence-electron chi connectivity index (χ2n) is 4.30. The summed E-state index contributed by atoms with van der Waals surface area (Å²) in [5.74, 6) is 0.807. The first-order chi connectivity index (χ1) is 9.83. The number of pyridine rings is 1. The Kier molecular flexibility index (Phi) is 3.78. The number of benzene rings is 1. The van der Waals surface area contributed by atoms with Crippen LogP contribution in [0.15, 0.2) is 65.5 Å². The van der Waals surface area contributed by atoms with Crippen molar-refractivity contribution in [2.45, 2.75) is 6.54 Å². The lowest BCUT2D eigenvalue weighted by molar-refractivity contribution is 0.847. The molecule has 0 unspecified atom stereocenters. The Morgan fingerprint density at radius 3 is 2.70 bits per heavy atom. The van der Waals surface area contributed by atoms with Crippen molar-refractivity contribution in [2.24, 2.45) is 0 Å². The Morgan fingerprint density at radius 2 is 2.00 bits per heavy atom. The first-order valence-corrected chi connectivity index (χ1v) is 7.05. The Bertz CT molecular complexity index is 677. The van der Waals surface area contributed by atoms with Gasteiger partial charge in [-0.1, -0.05) is 34.1 Å². The molecular formula is C15H13BrN4. The maximum absolute atomic E-state index is 4.38. The summed E-state index contributed by atoms with van der Waals surface area (Å²) < 4.78 is 2.84. The lowest BCUT2D eigenvalue weighted by Crippen LogP contribution is -2.02. The molecule has 4 nitrogen and oxygen atoms in total. The van der Waals surface area contributed by atoms with Crippen LogP contribution in [0.2, 0.25) is 0 Å². The van der Waals surface area contributed by atoms with E-state index in [1.54, 1.807) is 10.9 Å². The molecule has 1 N–H and O–H groups in total. The quantitative estimate of drug-likeness (QED) is 0.795. The summed E-state index contributed by atoms with van der Waals surface area (Å²) in [6, 6.07) is 14.0. The zero-order valence-corrected chi connectivity index (χ0v) is 12.3. The summed E-state index contributed by atoms with van der Waals surface area (Å²) in [7, 11) is 0. The van der Waals surface area contributed by atoms with Crippen LogP contribution in [-0.4, -0.2) is 14.8 Å². The highest BCUT2D eigenvalue weighted by atomic mass is 79.9. The maximum Gasteiger partial charge on any atom is 0.153 e. The maximum atomic E-state index is 4.38. The van der Waals surface area contributed by atoms with Crippen LogP contribution in [0.1, 0.15) is 5.56 Å². The highest BCUT2D eigenvalue weighted by Crippen LogP contribution is 2.17. The van der Waals surface area contributed by atoms with Crippen molar-refractivity contribution in [3.8, 4) is 5.82 Å². The average molecular weight is 329 g/mol. The molecule has 0 spiro atoms. The first kappa shape index (κ1) is 12.9. The first-order valence-electron chi connectivity index (χ1n) is 6.26. The van der Waals surface area contributed by atoms with Crippen LogP contribution in [0, 0.1) is 0 Å². The standard InChI is InChI=1S/C15H13BrN4/c16-14-5-2-1-4-12(14)10-17-13-6-7-15(18-11-13)20-9-3-8-19-20/h1-9,11,17H,10H2. The summed E-state index contributed by atoms with van der Waals surface area (Å²) in [6.07, 6.45) is 5.42. The topological polar surface area (TPSA) is 42.7 Å². The number of hydrogen-bond donors (Lipinski definition) is 1. The second kappa shape index (κ2) is 5.88. The molecule has 3 rings (SSSR count). The van der Waals surface area contributed by atoms with E-state index in [9.17, 15) is 0 Å². The summed E-state index contributed by atoms with van der Waals surface area (Å²) in [4.78, 5) is 4.38. The van der Waals surface area contributed by atoms with Crippen LogP contribution in [0.3, 0.4) is 0 Å². The van der Waals surface area contributed by atoms with Crippen molar-refractivity contribution < 1.29 is 0 Å². The van der Waals surface area contributed by atoms with E-state index in [0.29, 0.717) is 0 Å². The number of halogens is 1. The predicted molar refractivity (Wildman–Crippen MR) is 82.8 cm³/mol. The van der Waals surface area contributed by atoms with E-state index in [2.05, 4.69) is 37.4 Å². The van der Waals surface area contributed by atoms with Gasteiger partial charge in [-0.05, 0) is 29.8 Å². The van der Waals surface area contributed by atoms with E-state index < -0.39 is 0 Å². The molecule has 100 valence electrons. The Hall–Kier alpha value is -2.14. The SMILES string of the molecule is Brc1ccccc1CNc1ccc(-n2cccn2)nc1. The van der Waals surface area contributed by atoms with Gasteiger partial charge in [-0.25, -0.2) is 9.67 Å². The molecule has 0 amide bonds. The highest BCUT2D eigenvalue weighted by Gasteiger charge is 2.00. The molecule has 1 aromatic carbocycles. The van der Waals surface area contributed by atoms with Gasteiger partial charge in [0.25, 0.3) is 0 Å². The third kappa shape index (κ3) is 2.88. The molecule has 3 aromatic rings.